The van der Waals surface area contributed by atoms with E-state index in [4.69, 9.17) is 4.74 Å². The molecule has 0 saturated heterocycles. The van der Waals surface area contributed by atoms with E-state index in [1.807, 2.05) is 0 Å². The first-order valence-electron chi connectivity index (χ1n) is 15.0. The molecule has 42 heavy (non-hydrogen) atoms. The van der Waals surface area contributed by atoms with Crippen molar-refractivity contribution in [3.05, 3.63) is 149 Å². The molecule has 0 bridgehead atoms. The number of nitrogens with zero attached hydrogens (tertiary/aromatic N) is 1. The lowest BCUT2D eigenvalue weighted by molar-refractivity contribution is 0.475. The molecule has 1 aromatic heterocycles. The van der Waals surface area contributed by atoms with E-state index in [0.29, 0.717) is 17.8 Å². The van der Waals surface area contributed by atoms with Gasteiger partial charge in [0.1, 0.15) is 11.5 Å². The molecule has 3 heterocycles. The summed E-state index contributed by atoms with van der Waals surface area (Å²) in [5, 5.41) is 2.67. The molecule has 196 valence electrons. The van der Waals surface area contributed by atoms with Crippen LogP contribution in [0.5, 0.6) is 11.5 Å². The Morgan fingerprint density at radius 1 is 0.548 bits per heavy atom. The number of aromatic nitrogens is 1. The van der Waals surface area contributed by atoms with Crippen LogP contribution in [0.3, 0.4) is 0 Å². The second-order valence-electron chi connectivity index (χ2n) is 12.4. The van der Waals surface area contributed by atoms with Crippen molar-refractivity contribution < 1.29 is 4.74 Å². The zero-order valence-electron chi connectivity index (χ0n) is 22.8. The Labute approximate surface area is 243 Å². The zero-order valence-corrected chi connectivity index (χ0v) is 22.8. The van der Waals surface area contributed by atoms with Crippen molar-refractivity contribution in [2.24, 2.45) is 0 Å². The summed E-state index contributed by atoms with van der Waals surface area (Å²) in [5.74, 6) is 3.24. The number of para-hydroxylation sites is 2. The van der Waals surface area contributed by atoms with Crippen LogP contribution in [0, 0.1) is 0 Å². The third kappa shape index (κ3) is 2.57. The number of rotatable bonds is 1. The van der Waals surface area contributed by atoms with Crippen LogP contribution in [0.15, 0.2) is 121 Å². The molecule has 0 spiro atoms. The van der Waals surface area contributed by atoms with Gasteiger partial charge in [0.15, 0.2) is 0 Å². The van der Waals surface area contributed by atoms with E-state index in [0.717, 1.165) is 17.9 Å². The Hall–Kier alpha value is -5.08. The maximum absolute atomic E-state index is 6.80. The summed E-state index contributed by atoms with van der Waals surface area (Å²) >= 11 is 0. The monoisotopic (exact) mass is 535 g/mol. The zero-order chi connectivity index (χ0) is 27.1. The molecule has 2 aliphatic carbocycles. The number of fused-ring (bicyclic) bond motifs is 11. The second-order valence-corrected chi connectivity index (χ2v) is 12.4. The molecule has 2 heteroatoms. The van der Waals surface area contributed by atoms with Crippen LogP contribution in [0.4, 0.5) is 0 Å². The summed E-state index contributed by atoms with van der Waals surface area (Å²) in [6.45, 7) is 0. The minimum absolute atomic E-state index is 0.398. The molecule has 1 fully saturated rings. The lowest BCUT2D eigenvalue weighted by Crippen LogP contribution is -1.99. The van der Waals surface area contributed by atoms with Crippen molar-refractivity contribution in [1.29, 1.82) is 0 Å². The summed E-state index contributed by atoms with van der Waals surface area (Å²) in [6.07, 6.45) is 1.03. The highest BCUT2D eigenvalue weighted by atomic mass is 16.5. The highest BCUT2D eigenvalue weighted by Gasteiger charge is 2.58. The van der Waals surface area contributed by atoms with Gasteiger partial charge in [-0.25, -0.2) is 0 Å². The average molecular weight is 536 g/mol. The summed E-state index contributed by atoms with van der Waals surface area (Å²) in [6, 6.07) is 45.2. The van der Waals surface area contributed by atoms with Crippen molar-refractivity contribution in [3.63, 3.8) is 0 Å². The highest BCUT2D eigenvalue weighted by molar-refractivity contribution is 6.11. The van der Waals surface area contributed by atoms with E-state index >= 15 is 0 Å². The fourth-order valence-electron chi connectivity index (χ4n) is 8.66. The van der Waals surface area contributed by atoms with Gasteiger partial charge >= 0.3 is 0 Å². The van der Waals surface area contributed by atoms with E-state index in [9.17, 15) is 0 Å². The Bertz CT molecular complexity index is 2340. The predicted octanol–water partition coefficient (Wildman–Crippen LogP) is 10.1. The van der Waals surface area contributed by atoms with E-state index < -0.39 is 0 Å². The third-order valence-corrected chi connectivity index (χ3v) is 10.4. The maximum atomic E-state index is 6.80. The van der Waals surface area contributed by atoms with Gasteiger partial charge in [0.05, 0.1) is 16.7 Å². The number of hydrogen-bond donors (Lipinski definition) is 0. The molecule has 4 aliphatic rings. The quantitative estimate of drug-likeness (QED) is 0.204. The van der Waals surface area contributed by atoms with Crippen LogP contribution in [0.1, 0.15) is 45.6 Å². The second kappa shape index (κ2) is 7.40. The van der Waals surface area contributed by atoms with Crippen molar-refractivity contribution in [3.8, 4) is 39.4 Å². The first-order valence-corrected chi connectivity index (χ1v) is 15.0. The van der Waals surface area contributed by atoms with Crippen LogP contribution < -0.4 is 4.74 Å². The molecule has 1 saturated carbocycles. The van der Waals surface area contributed by atoms with Crippen LogP contribution in [0.2, 0.25) is 0 Å². The van der Waals surface area contributed by atoms with Gasteiger partial charge in [0.25, 0.3) is 0 Å². The molecule has 6 aromatic carbocycles. The summed E-state index contributed by atoms with van der Waals surface area (Å²) in [7, 11) is 0. The summed E-state index contributed by atoms with van der Waals surface area (Å²) < 4.78 is 9.31. The smallest absolute Gasteiger partial charge is 0.133 e. The average Bonchev–Trinajstić information content (AvgIpc) is 3.58. The van der Waals surface area contributed by atoms with Gasteiger partial charge in [-0.15, -0.1) is 0 Å². The van der Waals surface area contributed by atoms with E-state index in [1.165, 1.54) is 77.6 Å². The van der Waals surface area contributed by atoms with E-state index in [2.05, 4.69) is 126 Å². The first kappa shape index (κ1) is 21.6. The molecule has 3 atom stereocenters. The molecule has 0 amide bonds. The number of hydrogen-bond acceptors (Lipinski definition) is 1. The summed E-state index contributed by atoms with van der Waals surface area (Å²) in [5.41, 5.74) is 16.2. The molecule has 0 radical (unpaired) electrons. The van der Waals surface area contributed by atoms with E-state index in [1.54, 1.807) is 0 Å². The SMILES string of the molecule is c1ccc2c(c1)Cc1ccc(-c3ccc4c(c3)C3C5c6c(cccc6-n6c7ccccc7c7cccc(c76)C35)O4)cc1-2. The largest absolute Gasteiger partial charge is 0.457 e. The normalized spacial score (nSPS) is 19.8. The van der Waals surface area contributed by atoms with Crippen molar-refractivity contribution in [1.82, 2.24) is 4.57 Å². The van der Waals surface area contributed by atoms with Crippen LogP contribution in [0.25, 0.3) is 49.7 Å². The molecular formula is C40H25NO. The molecule has 0 N–H and O–H groups in total. The lowest BCUT2D eigenvalue weighted by atomic mass is 9.95. The predicted molar refractivity (Wildman–Crippen MR) is 169 cm³/mol. The molecule has 11 rings (SSSR count). The first-order chi connectivity index (χ1) is 20.8. The Balaban J connectivity index is 1.13. The lowest BCUT2D eigenvalue weighted by Gasteiger charge is -2.16. The highest BCUT2D eigenvalue weighted by Crippen LogP contribution is 2.73. The molecule has 7 aromatic rings. The van der Waals surface area contributed by atoms with Crippen LogP contribution >= 0.6 is 0 Å². The Morgan fingerprint density at radius 3 is 2.33 bits per heavy atom. The molecule has 2 nitrogen and oxygen atoms in total. The Kier molecular flexibility index (Phi) is 3.81. The molecule has 3 unspecified atom stereocenters. The van der Waals surface area contributed by atoms with E-state index in [-0.39, 0.29) is 0 Å². The minimum Gasteiger partial charge on any atom is -0.457 e. The fraction of sp³-hybridized carbons (Fsp3) is 0.100. The van der Waals surface area contributed by atoms with Gasteiger partial charge in [0, 0.05) is 34.1 Å². The van der Waals surface area contributed by atoms with Gasteiger partial charge in [0.2, 0.25) is 0 Å². The van der Waals surface area contributed by atoms with Gasteiger partial charge in [-0.1, -0.05) is 84.9 Å². The number of ether oxygens (including phenoxy) is 1. The topological polar surface area (TPSA) is 14.2 Å². The van der Waals surface area contributed by atoms with Gasteiger partial charge in [-0.2, -0.15) is 0 Å². The number of benzene rings is 6. The van der Waals surface area contributed by atoms with Crippen molar-refractivity contribution in [2.45, 2.75) is 24.2 Å². The van der Waals surface area contributed by atoms with Gasteiger partial charge in [-0.05, 0) is 87.3 Å². The maximum Gasteiger partial charge on any atom is 0.133 e. The standard InChI is InChI=1S/C40H25NO/c1-2-8-26-24(7-1)19-25-16-15-22(20-30(25)26)23-17-18-34-31(21-23)37-36-29-11-5-10-28-27-9-3-4-12-32(27)41(40(28)29)33-13-6-14-35(42-34)38(33)39(36)37/h1-18,20-21,36-37,39H,19H2. The van der Waals surface area contributed by atoms with Crippen molar-refractivity contribution >= 4 is 21.8 Å². The van der Waals surface area contributed by atoms with Crippen LogP contribution in [-0.4, -0.2) is 4.57 Å². The molecular weight excluding hydrogens is 510 g/mol. The van der Waals surface area contributed by atoms with Crippen molar-refractivity contribution in [2.75, 3.05) is 0 Å². The third-order valence-electron chi connectivity index (χ3n) is 10.4. The van der Waals surface area contributed by atoms with Crippen LogP contribution in [-0.2, 0) is 6.42 Å². The molecule has 2 aliphatic heterocycles. The fourth-order valence-corrected chi connectivity index (χ4v) is 8.66. The van der Waals surface area contributed by atoms with Gasteiger partial charge < -0.3 is 9.30 Å². The summed E-state index contributed by atoms with van der Waals surface area (Å²) in [4.78, 5) is 0. The Morgan fingerprint density at radius 2 is 1.33 bits per heavy atom. The van der Waals surface area contributed by atoms with Gasteiger partial charge in [-0.3, -0.25) is 0 Å². The minimum atomic E-state index is 0.398.